The Kier molecular flexibility index (Phi) is 3.82. The second-order valence-electron chi connectivity index (χ2n) is 6.20. The van der Waals surface area contributed by atoms with Crippen molar-refractivity contribution in [2.75, 3.05) is 0 Å². The van der Waals surface area contributed by atoms with Crippen LogP contribution >= 0.6 is 11.6 Å². The summed E-state index contributed by atoms with van der Waals surface area (Å²) < 4.78 is 27.6. The van der Waals surface area contributed by atoms with E-state index in [9.17, 15) is 8.42 Å². The molecule has 2 fully saturated rings. The fraction of sp³-hybridized carbons (Fsp3) is 0.600. The van der Waals surface area contributed by atoms with Crippen LogP contribution in [-0.2, 0) is 10.0 Å². The molecule has 5 heteroatoms. The zero-order valence-corrected chi connectivity index (χ0v) is 13.1. The summed E-state index contributed by atoms with van der Waals surface area (Å²) in [6.45, 7) is 2.00. The summed E-state index contributed by atoms with van der Waals surface area (Å²) >= 11 is 5.80. The highest BCUT2D eigenvalue weighted by Gasteiger charge is 2.42. The third-order valence-corrected chi connectivity index (χ3v) is 6.73. The molecule has 3 rings (SSSR count). The van der Waals surface area contributed by atoms with Crippen LogP contribution in [-0.4, -0.2) is 14.5 Å². The molecule has 3 nitrogen and oxygen atoms in total. The van der Waals surface area contributed by atoms with Crippen molar-refractivity contribution >= 4 is 21.6 Å². The zero-order chi connectivity index (χ0) is 14.3. The molecule has 110 valence electrons. The van der Waals surface area contributed by atoms with E-state index in [1.54, 1.807) is 24.3 Å². The van der Waals surface area contributed by atoms with E-state index >= 15 is 0 Å². The Labute approximate surface area is 125 Å². The van der Waals surface area contributed by atoms with Gasteiger partial charge in [0.2, 0.25) is 10.0 Å². The van der Waals surface area contributed by atoms with Gasteiger partial charge in [-0.3, -0.25) is 0 Å². The highest BCUT2D eigenvalue weighted by molar-refractivity contribution is 7.89. The van der Waals surface area contributed by atoms with Gasteiger partial charge >= 0.3 is 0 Å². The summed E-state index contributed by atoms with van der Waals surface area (Å²) in [6.07, 6.45) is 5.06. The molecule has 1 aromatic carbocycles. The first-order chi connectivity index (χ1) is 9.45. The first kappa shape index (κ1) is 14.4. The number of hydrogen-bond donors (Lipinski definition) is 1. The van der Waals surface area contributed by atoms with E-state index in [2.05, 4.69) is 4.72 Å². The van der Waals surface area contributed by atoms with Crippen molar-refractivity contribution in [3.8, 4) is 0 Å². The monoisotopic (exact) mass is 313 g/mol. The van der Waals surface area contributed by atoms with Crippen LogP contribution in [0.3, 0.4) is 0 Å². The number of rotatable bonds is 4. The Morgan fingerprint density at radius 1 is 1.20 bits per heavy atom. The molecule has 0 unspecified atom stereocenters. The lowest BCUT2D eigenvalue weighted by molar-refractivity contribution is 0.280. The number of benzene rings is 1. The van der Waals surface area contributed by atoms with Crippen LogP contribution in [0.1, 0.15) is 32.6 Å². The second-order valence-corrected chi connectivity index (χ2v) is 8.35. The average Bonchev–Trinajstić information content (AvgIpc) is 3.01. The lowest BCUT2D eigenvalue weighted by Gasteiger charge is -2.28. The normalized spacial score (nSPS) is 30.6. The molecule has 2 bridgehead atoms. The molecule has 1 N–H and O–H groups in total. The molecule has 2 aliphatic rings. The summed E-state index contributed by atoms with van der Waals surface area (Å²) in [5.74, 6) is 2.03. The van der Waals surface area contributed by atoms with Crippen LogP contribution in [0.5, 0.6) is 0 Å². The molecular formula is C15H20ClNO2S. The molecule has 1 aromatic rings. The average molecular weight is 314 g/mol. The fourth-order valence-corrected chi connectivity index (χ4v) is 5.34. The Hall–Kier alpha value is -0.580. The topological polar surface area (TPSA) is 46.2 Å². The number of sulfonamides is 1. The maximum atomic E-state index is 12.4. The first-order valence-corrected chi connectivity index (χ1v) is 9.10. The number of hydrogen-bond acceptors (Lipinski definition) is 2. The van der Waals surface area contributed by atoms with Gasteiger partial charge in [0.05, 0.1) is 4.90 Å². The minimum absolute atomic E-state index is 0.00554. The van der Waals surface area contributed by atoms with Gasteiger partial charge in [0.15, 0.2) is 0 Å². The van der Waals surface area contributed by atoms with E-state index in [4.69, 9.17) is 11.6 Å². The molecule has 0 spiro atoms. The van der Waals surface area contributed by atoms with Gasteiger partial charge in [-0.15, -0.1) is 0 Å². The van der Waals surface area contributed by atoms with Crippen molar-refractivity contribution in [1.82, 2.24) is 4.72 Å². The van der Waals surface area contributed by atoms with Gasteiger partial charge in [0.1, 0.15) is 0 Å². The Morgan fingerprint density at radius 2 is 1.90 bits per heavy atom. The molecule has 4 atom stereocenters. The van der Waals surface area contributed by atoms with Crippen LogP contribution < -0.4 is 4.72 Å². The second kappa shape index (κ2) is 5.32. The Bertz CT molecular complexity index is 584. The summed E-state index contributed by atoms with van der Waals surface area (Å²) in [6, 6.07) is 6.33. The number of fused-ring (bicyclic) bond motifs is 2. The maximum Gasteiger partial charge on any atom is 0.240 e. The summed E-state index contributed by atoms with van der Waals surface area (Å²) in [5.41, 5.74) is 0. The number of nitrogens with one attached hydrogen (secondary N) is 1. The van der Waals surface area contributed by atoms with Crippen LogP contribution in [0.4, 0.5) is 0 Å². The third kappa shape index (κ3) is 2.74. The van der Waals surface area contributed by atoms with Gasteiger partial charge in [0, 0.05) is 11.1 Å². The molecule has 0 aliphatic heterocycles. The molecule has 0 heterocycles. The van der Waals surface area contributed by atoms with E-state index in [0.29, 0.717) is 16.9 Å². The van der Waals surface area contributed by atoms with Crippen molar-refractivity contribution < 1.29 is 8.42 Å². The SMILES string of the molecule is C[C@H](NS(=O)(=O)c1ccc(Cl)cc1)[C@H]1C[C@@H]2CC[C@H]1C2. The zero-order valence-electron chi connectivity index (χ0n) is 11.5. The first-order valence-electron chi connectivity index (χ1n) is 7.23. The van der Waals surface area contributed by atoms with Crippen LogP contribution in [0.2, 0.25) is 5.02 Å². The molecule has 0 saturated heterocycles. The van der Waals surface area contributed by atoms with Crippen LogP contribution in [0, 0.1) is 17.8 Å². The van der Waals surface area contributed by atoms with E-state index in [0.717, 1.165) is 5.92 Å². The highest BCUT2D eigenvalue weighted by atomic mass is 35.5. The molecule has 0 amide bonds. The molecule has 20 heavy (non-hydrogen) atoms. The largest absolute Gasteiger partial charge is 0.240 e. The van der Waals surface area contributed by atoms with Crippen molar-refractivity contribution in [3.63, 3.8) is 0 Å². The molecule has 2 saturated carbocycles. The van der Waals surface area contributed by atoms with Crippen molar-refractivity contribution in [2.24, 2.45) is 17.8 Å². The van der Waals surface area contributed by atoms with Crippen LogP contribution in [0.15, 0.2) is 29.2 Å². The molecular weight excluding hydrogens is 294 g/mol. The molecule has 0 radical (unpaired) electrons. The standard InChI is InChI=1S/C15H20ClNO2S/c1-10(15-9-11-2-3-12(15)8-11)17-20(18,19)14-6-4-13(16)5-7-14/h4-7,10-12,15,17H,2-3,8-9H2,1H3/t10-,11+,12-,15+/m0/s1. The van der Waals surface area contributed by atoms with Crippen LogP contribution in [0.25, 0.3) is 0 Å². The highest BCUT2D eigenvalue weighted by Crippen LogP contribution is 2.49. The van der Waals surface area contributed by atoms with Crippen molar-refractivity contribution in [2.45, 2.75) is 43.5 Å². The molecule has 0 aromatic heterocycles. The van der Waals surface area contributed by atoms with E-state index < -0.39 is 10.0 Å². The minimum Gasteiger partial charge on any atom is -0.208 e. The van der Waals surface area contributed by atoms with E-state index in [1.165, 1.54) is 25.7 Å². The summed E-state index contributed by atoms with van der Waals surface area (Å²) in [5, 5.41) is 0.546. The number of halogens is 1. The smallest absolute Gasteiger partial charge is 0.208 e. The van der Waals surface area contributed by atoms with Crippen molar-refractivity contribution in [1.29, 1.82) is 0 Å². The Morgan fingerprint density at radius 3 is 2.45 bits per heavy atom. The summed E-state index contributed by atoms with van der Waals surface area (Å²) in [7, 11) is -3.44. The van der Waals surface area contributed by atoms with Gasteiger partial charge in [-0.1, -0.05) is 18.0 Å². The van der Waals surface area contributed by atoms with Gasteiger partial charge < -0.3 is 0 Å². The minimum atomic E-state index is -3.44. The predicted molar refractivity (Wildman–Crippen MR) is 80.2 cm³/mol. The summed E-state index contributed by atoms with van der Waals surface area (Å²) in [4.78, 5) is 0.289. The lowest BCUT2D eigenvalue weighted by Crippen LogP contribution is -2.40. The fourth-order valence-electron chi connectivity index (χ4n) is 3.92. The third-order valence-electron chi connectivity index (χ3n) is 4.90. The van der Waals surface area contributed by atoms with Gasteiger partial charge in [-0.05, 0) is 68.2 Å². The maximum absolute atomic E-state index is 12.4. The lowest BCUT2D eigenvalue weighted by atomic mass is 9.84. The van der Waals surface area contributed by atoms with Gasteiger partial charge in [-0.2, -0.15) is 0 Å². The van der Waals surface area contributed by atoms with Crippen molar-refractivity contribution in [3.05, 3.63) is 29.3 Å². The quantitative estimate of drug-likeness (QED) is 0.925. The Balaban J connectivity index is 1.71. The van der Waals surface area contributed by atoms with E-state index in [1.807, 2.05) is 6.92 Å². The van der Waals surface area contributed by atoms with Gasteiger partial charge in [-0.25, -0.2) is 13.1 Å². The molecule has 2 aliphatic carbocycles. The predicted octanol–water partition coefficient (Wildman–Crippen LogP) is 3.44. The van der Waals surface area contributed by atoms with Gasteiger partial charge in [0.25, 0.3) is 0 Å². The van der Waals surface area contributed by atoms with E-state index in [-0.39, 0.29) is 10.9 Å².